The van der Waals surface area contributed by atoms with Crippen molar-refractivity contribution >= 4 is 0 Å². The Labute approximate surface area is 504 Å². The van der Waals surface area contributed by atoms with Gasteiger partial charge < -0.3 is 10.2 Å². The van der Waals surface area contributed by atoms with Gasteiger partial charge in [-0.2, -0.15) is 0 Å². The van der Waals surface area contributed by atoms with Gasteiger partial charge >= 0.3 is 0 Å². The lowest BCUT2D eigenvalue weighted by molar-refractivity contribution is 0.116. The molecule has 82 heavy (non-hydrogen) atoms. The fraction of sp³-hybridized carbons (Fsp3) is 0.400. The van der Waals surface area contributed by atoms with E-state index >= 15 is 0 Å². The van der Waals surface area contributed by atoms with Gasteiger partial charge in [0.2, 0.25) is 0 Å². The van der Waals surface area contributed by atoms with Crippen LogP contribution in [0.5, 0.6) is 0 Å². The van der Waals surface area contributed by atoms with Gasteiger partial charge in [-0.3, -0.25) is 0 Å². The smallest absolute Gasteiger partial charge is 0.0729 e. The Morgan fingerprint density at radius 1 is 0.439 bits per heavy atom. The van der Waals surface area contributed by atoms with E-state index in [9.17, 15) is 10.2 Å². The van der Waals surface area contributed by atoms with Crippen molar-refractivity contribution in [1.82, 2.24) is 0 Å². The van der Waals surface area contributed by atoms with Crippen molar-refractivity contribution in [1.29, 1.82) is 0 Å². The monoisotopic (exact) mass is 1100 g/mol. The van der Waals surface area contributed by atoms with E-state index in [1.165, 1.54) is 83.6 Å². The van der Waals surface area contributed by atoms with E-state index in [1.54, 1.807) is 0 Å². The largest absolute Gasteiger partial charge is 0.393 e. The Morgan fingerprint density at radius 2 is 0.768 bits per heavy atom. The maximum atomic E-state index is 10.1. The zero-order valence-corrected chi connectivity index (χ0v) is 55.1. The summed E-state index contributed by atoms with van der Waals surface area (Å²) in [5.41, 5.74) is 19.2. The molecule has 2 heteroatoms. The van der Waals surface area contributed by atoms with Crippen LogP contribution in [0.4, 0.5) is 0 Å². The molecule has 0 heterocycles. The molecule has 0 unspecified atom stereocenters. The molecular weight excluding hydrogens is 993 g/mol. The molecule has 0 aromatic heterocycles. The summed E-state index contributed by atoms with van der Waals surface area (Å²) in [4.78, 5) is 0. The number of aliphatic hydroxyl groups is 2. The number of allylic oxidation sites excluding steroid dienone is 46. The molecule has 0 radical (unpaired) electrons. The second-order valence-electron chi connectivity index (χ2n) is 24.9. The van der Waals surface area contributed by atoms with Crippen LogP contribution < -0.4 is 0 Å². The fourth-order valence-corrected chi connectivity index (χ4v) is 9.56. The topological polar surface area (TPSA) is 40.5 Å². The molecule has 2 N–H and O–H groups in total. The van der Waals surface area contributed by atoms with Crippen molar-refractivity contribution in [3.05, 3.63) is 284 Å². The average Bonchev–Trinajstić information content (AvgIpc) is 3.42. The van der Waals surface area contributed by atoms with Gasteiger partial charge in [0.25, 0.3) is 0 Å². The van der Waals surface area contributed by atoms with E-state index in [0.717, 1.165) is 44.9 Å². The third kappa shape index (κ3) is 36.2. The fourth-order valence-electron chi connectivity index (χ4n) is 9.56. The van der Waals surface area contributed by atoms with Crippen LogP contribution in [0.3, 0.4) is 0 Å². The molecule has 0 spiro atoms. The maximum Gasteiger partial charge on any atom is 0.0729 e. The Bertz CT molecular complexity index is 2710. The molecule has 3 atom stereocenters. The van der Waals surface area contributed by atoms with Crippen molar-refractivity contribution in [2.45, 2.75) is 196 Å². The predicted molar refractivity (Wildman–Crippen MR) is 370 cm³/mol. The summed E-state index contributed by atoms with van der Waals surface area (Å²) in [6.45, 7) is 43.1. The van der Waals surface area contributed by atoms with E-state index in [0.29, 0.717) is 5.92 Å². The zero-order valence-electron chi connectivity index (χ0n) is 55.1. The highest BCUT2D eigenvalue weighted by Crippen LogP contribution is 2.42. The van der Waals surface area contributed by atoms with Crippen molar-refractivity contribution in [3.8, 4) is 0 Å². The van der Waals surface area contributed by atoms with Crippen molar-refractivity contribution in [3.63, 3.8) is 0 Å². The lowest BCUT2D eigenvalue weighted by Gasteiger charge is -2.38. The van der Waals surface area contributed by atoms with Gasteiger partial charge in [-0.15, -0.1) is 0 Å². The van der Waals surface area contributed by atoms with Crippen LogP contribution in [0.2, 0.25) is 0 Å². The summed E-state index contributed by atoms with van der Waals surface area (Å²) in [5.74, 6) is 0.348. The molecule has 2 aliphatic carbocycles. The Hall–Kier alpha value is -6.32. The second-order valence-corrected chi connectivity index (χ2v) is 24.9. The molecule has 0 amide bonds. The first-order valence-corrected chi connectivity index (χ1v) is 30.1. The van der Waals surface area contributed by atoms with Crippen LogP contribution in [0, 0.1) is 16.7 Å². The molecule has 0 saturated carbocycles. The summed E-state index contributed by atoms with van der Waals surface area (Å²) in [7, 11) is 0. The number of rotatable bonds is 26. The molecule has 2 nitrogen and oxygen atoms in total. The van der Waals surface area contributed by atoms with Crippen LogP contribution in [-0.2, 0) is 0 Å². The van der Waals surface area contributed by atoms with Crippen LogP contribution >= 0.6 is 0 Å². The molecule has 2 rings (SSSR count). The summed E-state index contributed by atoms with van der Waals surface area (Å²) < 4.78 is 0. The summed E-state index contributed by atoms with van der Waals surface area (Å²) in [6, 6.07) is 0. The van der Waals surface area contributed by atoms with Gasteiger partial charge in [0.15, 0.2) is 0 Å². The lowest BCUT2D eigenvalue weighted by atomic mass is 9.67. The standard InChI is InChI=1S/C40H56O2.C40H56/c1-29(17-13-19-31(3)21-23-37-33(5)25-35(41)27-39(37,7)8)15-11-12-16-30(2)18-14-20-32(4)22-24-38-34(6)26-36(42)28-40(38,9)10;1-33(2)19-13-23-37(7)27-17-31-39(9)29-15-25-35(5)21-11-12-22-36(6)26-16-30-40(10)32-18-28-38(8)24-14-20-34(3)4/h11-25,35-37,41-42H,26-28H2,1-10H3;11-12,15-22,25-32H,13-14,23-24H2,1-10H3/b12-11+,17-13+,18-14+,23-21+,24-22+,29-15+,30-16+,31-19+,32-20+;12-11+,25-15+,26-16+,31-17+,32-18+,35-21+,36-22+,37-27+,38-28+,39-29+,40-30+/t35-,36+,37-;/m0./s1. The SMILES string of the molecule is CC(C)=CCC/C(C)=C/C=C/C(C)=C/C=C/C(C)=C/C=C/C=C(C)/C=C/C=C(C)/C=C/C=C(\C)CCC=C(C)C.CC1=C[C@H](O)CC(C)(C)[C@H]1/C=C/C(C)=C/C=C/C(C)=C/C=C/C=C(C)/C=C/C=C(C)/C=C/C1=C(C)C[C@@H](O)CC1(C)C. The summed E-state index contributed by atoms with van der Waals surface area (Å²) in [6.07, 6.45) is 77.1. The molecule has 0 bridgehead atoms. The molecule has 2 aliphatic rings. The van der Waals surface area contributed by atoms with Gasteiger partial charge in [-0.1, -0.05) is 306 Å². The minimum Gasteiger partial charge on any atom is -0.393 e. The summed E-state index contributed by atoms with van der Waals surface area (Å²) >= 11 is 0. The Morgan fingerprint density at radius 3 is 1.11 bits per heavy atom. The molecule has 0 aromatic rings. The van der Waals surface area contributed by atoms with E-state index in [1.807, 2.05) is 6.08 Å². The van der Waals surface area contributed by atoms with E-state index in [-0.39, 0.29) is 23.0 Å². The van der Waals surface area contributed by atoms with Crippen LogP contribution in [-0.4, -0.2) is 22.4 Å². The van der Waals surface area contributed by atoms with Crippen LogP contribution in [0.25, 0.3) is 0 Å². The van der Waals surface area contributed by atoms with Crippen LogP contribution in [0.15, 0.2) is 284 Å². The third-order valence-electron chi connectivity index (χ3n) is 14.3. The van der Waals surface area contributed by atoms with Gasteiger partial charge in [0, 0.05) is 5.92 Å². The third-order valence-corrected chi connectivity index (χ3v) is 14.3. The highest BCUT2D eigenvalue weighted by molar-refractivity contribution is 5.39. The molecule has 0 aromatic carbocycles. The maximum absolute atomic E-state index is 10.1. The first-order valence-electron chi connectivity index (χ1n) is 30.1. The van der Waals surface area contributed by atoms with Gasteiger partial charge in [0.1, 0.15) is 0 Å². The van der Waals surface area contributed by atoms with E-state index < -0.39 is 0 Å². The first kappa shape index (κ1) is 73.7. The highest BCUT2D eigenvalue weighted by Gasteiger charge is 2.34. The molecule has 0 saturated heterocycles. The van der Waals surface area contributed by atoms with E-state index in [4.69, 9.17) is 0 Å². The lowest BCUT2D eigenvalue weighted by Crippen LogP contribution is -2.32. The molecule has 0 fully saturated rings. The van der Waals surface area contributed by atoms with Crippen molar-refractivity contribution in [2.24, 2.45) is 16.7 Å². The molecule has 444 valence electrons. The number of hydrogen-bond donors (Lipinski definition) is 2. The number of hydrogen-bond acceptors (Lipinski definition) is 2. The minimum atomic E-state index is -0.331. The van der Waals surface area contributed by atoms with Crippen molar-refractivity contribution < 1.29 is 10.2 Å². The minimum absolute atomic E-state index is 0.00528. The van der Waals surface area contributed by atoms with Crippen LogP contribution in [0.1, 0.15) is 183 Å². The quantitative estimate of drug-likeness (QED) is 0.0669. The zero-order chi connectivity index (χ0) is 61.7. The first-order chi connectivity index (χ1) is 38.6. The van der Waals surface area contributed by atoms with Gasteiger partial charge in [0.05, 0.1) is 12.2 Å². The van der Waals surface area contributed by atoms with Crippen molar-refractivity contribution in [2.75, 3.05) is 0 Å². The molecular formula is C80H112O2. The van der Waals surface area contributed by atoms with E-state index in [2.05, 4.69) is 333 Å². The highest BCUT2D eigenvalue weighted by atomic mass is 16.3. The Balaban J connectivity index is 0.000000821. The molecule has 0 aliphatic heterocycles. The normalized spacial score (nSPS) is 21.0. The van der Waals surface area contributed by atoms with Gasteiger partial charge in [-0.25, -0.2) is 0 Å². The average molecular weight is 1110 g/mol. The summed E-state index contributed by atoms with van der Waals surface area (Å²) in [5, 5.41) is 20.2. The predicted octanol–water partition coefficient (Wildman–Crippen LogP) is 23.3. The van der Waals surface area contributed by atoms with Gasteiger partial charge in [-0.05, 0) is 172 Å². The number of aliphatic hydroxyl groups excluding tert-OH is 2. The second kappa shape index (κ2) is 40.8. The Kier molecular flexibility index (Phi) is 36.7.